The lowest BCUT2D eigenvalue weighted by Gasteiger charge is -2.36. The van der Waals surface area contributed by atoms with Gasteiger partial charge >= 0.3 is 0 Å². The molecule has 1 aliphatic rings. The predicted molar refractivity (Wildman–Crippen MR) is 77.4 cm³/mol. The molecular formula is C14H24N4O2. The number of ether oxygens (including phenoxy) is 1. The molecule has 0 aromatic carbocycles. The number of aromatic nitrogens is 2. The predicted octanol–water partition coefficient (Wildman–Crippen LogP) is 0.901. The van der Waals surface area contributed by atoms with Gasteiger partial charge in [0.2, 0.25) is 5.78 Å². The first-order valence-corrected chi connectivity index (χ1v) is 7.00. The van der Waals surface area contributed by atoms with E-state index >= 15 is 0 Å². The number of likely N-dealkylation sites (N-methyl/N-ethyl adjacent to an activating group) is 2. The Bertz CT molecular complexity index is 484. The van der Waals surface area contributed by atoms with Crippen molar-refractivity contribution in [1.29, 1.82) is 0 Å². The van der Waals surface area contributed by atoms with Crippen LogP contribution in [-0.2, 0) is 0 Å². The Balaban J connectivity index is 2.34. The van der Waals surface area contributed by atoms with E-state index in [9.17, 15) is 4.79 Å². The number of carbonyl (C=O) groups is 1. The summed E-state index contributed by atoms with van der Waals surface area (Å²) >= 11 is 0. The SMILES string of the molecule is COc1cnn(C(C)C)c1C(=O)C1CN(C)CCN1C. The lowest BCUT2D eigenvalue weighted by Crippen LogP contribution is -2.53. The smallest absolute Gasteiger partial charge is 0.203 e. The second kappa shape index (κ2) is 5.93. The highest BCUT2D eigenvalue weighted by atomic mass is 16.5. The zero-order chi connectivity index (χ0) is 14.9. The minimum absolute atomic E-state index is 0.0853. The maximum absolute atomic E-state index is 12.9. The van der Waals surface area contributed by atoms with Crippen LogP contribution in [0.5, 0.6) is 5.75 Å². The largest absolute Gasteiger partial charge is 0.493 e. The minimum atomic E-state index is -0.142. The highest BCUT2D eigenvalue weighted by Gasteiger charge is 2.33. The number of nitrogens with zero attached hydrogens (tertiary/aromatic N) is 4. The number of rotatable bonds is 4. The van der Waals surface area contributed by atoms with Gasteiger partial charge in [-0.3, -0.25) is 14.4 Å². The van der Waals surface area contributed by atoms with Crippen molar-refractivity contribution in [3.63, 3.8) is 0 Å². The van der Waals surface area contributed by atoms with E-state index in [1.807, 2.05) is 27.9 Å². The van der Waals surface area contributed by atoms with Crippen molar-refractivity contribution in [2.45, 2.75) is 25.9 Å². The van der Waals surface area contributed by atoms with Crippen LogP contribution in [0.3, 0.4) is 0 Å². The van der Waals surface area contributed by atoms with Crippen LogP contribution in [0.1, 0.15) is 30.4 Å². The number of piperazine rings is 1. The van der Waals surface area contributed by atoms with Crippen LogP contribution in [0.4, 0.5) is 0 Å². The lowest BCUT2D eigenvalue weighted by atomic mass is 10.0. The second-order valence-electron chi connectivity index (χ2n) is 5.72. The Morgan fingerprint density at radius 2 is 2.10 bits per heavy atom. The van der Waals surface area contributed by atoms with Gasteiger partial charge in [0.25, 0.3) is 0 Å². The van der Waals surface area contributed by atoms with Gasteiger partial charge in [-0.2, -0.15) is 5.10 Å². The molecule has 0 aliphatic carbocycles. The molecule has 2 rings (SSSR count). The van der Waals surface area contributed by atoms with Crippen molar-refractivity contribution in [2.75, 3.05) is 40.8 Å². The minimum Gasteiger partial charge on any atom is -0.493 e. The second-order valence-corrected chi connectivity index (χ2v) is 5.72. The van der Waals surface area contributed by atoms with Crippen molar-refractivity contribution in [3.8, 4) is 5.75 Å². The quantitative estimate of drug-likeness (QED) is 0.767. The van der Waals surface area contributed by atoms with Crippen molar-refractivity contribution in [2.24, 2.45) is 0 Å². The lowest BCUT2D eigenvalue weighted by molar-refractivity contribution is 0.0671. The Kier molecular flexibility index (Phi) is 4.45. The van der Waals surface area contributed by atoms with Gasteiger partial charge < -0.3 is 9.64 Å². The van der Waals surface area contributed by atoms with E-state index in [2.05, 4.69) is 14.9 Å². The van der Waals surface area contributed by atoms with Crippen LogP contribution >= 0.6 is 0 Å². The molecule has 1 unspecified atom stereocenters. The molecule has 1 saturated heterocycles. The Morgan fingerprint density at radius 1 is 1.40 bits per heavy atom. The standard InChI is InChI=1S/C14H24N4O2/c1-10(2)18-13(12(20-5)8-15-18)14(19)11-9-16(3)6-7-17(11)4/h8,10-11H,6-7,9H2,1-5H3. The molecule has 1 aromatic rings. The summed E-state index contributed by atoms with van der Waals surface area (Å²) < 4.78 is 7.07. The van der Waals surface area contributed by atoms with Gasteiger partial charge in [-0.05, 0) is 27.9 Å². The Hall–Kier alpha value is -1.40. The Labute approximate surface area is 120 Å². The first kappa shape index (κ1) is 15.0. The summed E-state index contributed by atoms with van der Waals surface area (Å²) in [6.07, 6.45) is 1.62. The summed E-state index contributed by atoms with van der Waals surface area (Å²) in [6, 6.07) is -0.0127. The fourth-order valence-electron chi connectivity index (χ4n) is 2.57. The van der Waals surface area contributed by atoms with Crippen molar-refractivity contribution >= 4 is 5.78 Å². The van der Waals surface area contributed by atoms with E-state index in [0.717, 1.165) is 19.6 Å². The van der Waals surface area contributed by atoms with Crippen LogP contribution in [-0.4, -0.2) is 72.2 Å². The molecule has 0 spiro atoms. The number of hydrogen-bond donors (Lipinski definition) is 0. The maximum atomic E-state index is 12.9. The molecule has 6 nitrogen and oxygen atoms in total. The highest BCUT2D eigenvalue weighted by molar-refractivity contribution is 6.01. The summed E-state index contributed by atoms with van der Waals surface area (Å²) in [5.74, 6) is 0.646. The van der Waals surface area contributed by atoms with E-state index in [1.165, 1.54) is 0 Å². The van der Waals surface area contributed by atoms with Crippen LogP contribution < -0.4 is 4.74 Å². The topological polar surface area (TPSA) is 50.6 Å². The van der Waals surface area contributed by atoms with Crippen LogP contribution in [0.2, 0.25) is 0 Å². The van der Waals surface area contributed by atoms with Crippen molar-refractivity contribution in [1.82, 2.24) is 19.6 Å². The van der Waals surface area contributed by atoms with Gasteiger partial charge in [0.15, 0.2) is 5.75 Å². The monoisotopic (exact) mass is 280 g/mol. The summed E-state index contributed by atoms with van der Waals surface area (Å²) in [6.45, 7) is 6.65. The maximum Gasteiger partial charge on any atom is 0.203 e. The summed E-state index contributed by atoms with van der Waals surface area (Å²) in [7, 11) is 5.62. The molecule has 1 aliphatic heterocycles. The first-order valence-electron chi connectivity index (χ1n) is 7.00. The molecule has 0 amide bonds. The molecular weight excluding hydrogens is 256 g/mol. The van der Waals surface area contributed by atoms with Crippen molar-refractivity contribution < 1.29 is 9.53 Å². The average molecular weight is 280 g/mol. The van der Waals surface area contributed by atoms with Gasteiger partial charge in [-0.25, -0.2) is 0 Å². The average Bonchev–Trinajstić information content (AvgIpc) is 2.84. The third kappa shape index (κ3) is 2.71. The number of methoxy groups -OCH3 is 1. The summed E-state index contributed by atoms with van der Waals surface area (Å²) in [4.78, 5) is 17.2. The Morgan fingerprint density at radius 3 is 2.70 bits per heavy atom. The zero-order valence-corrected chi connectivity index (χ0v) is 13.0. The van der Waals surface area contributed by atoms with Gasteiger partial charge in [0.05, 0.1) is 19.3 Å². The van der Waals surface area contributed by atoms with Crippen LogP contribution in [0.15, 0.2) is 6.20 Å². The normalized spacial score (nSPS) is 21.4. The molecule has 0 saturated carbocycles. The van der Waals surface area contributed by atoms with Gasteiger partial charge in [-0.1, -0.05) is 0 Å². The molecule has 1 atom stereocenters. The zero-order valence-electron chi connectivity index (χ0n) is 13.0. The fourth-order valence-corrected chi connectivity index (χ4v) is 2.57. The number of ketones is 1. The number of hydrogen-bond acceptors (Lipinski definition) is 5. The van der Waals surface area contributed by atoms with E-state index in [1.54, 1.807) is 18.0 Å². The van der Waals surface area contributed by atoms with E-state index in [0.29, 0.717) is 11.4 Å². The molecule has 0 N–H and O–H groups in total. The van der Waals surface area contributed by atoms with Crippen LogP contribution in [0, 0.1) is 0 Å². The highest BCUT2D eigenvalue weighted by Crippen LogP contribution is 2.24. The fraction of sp³-hybridized carbons (Fsp3) is 0.714. The molecule has 1 fully saturated rings. The molecule has 112 valence electrons. The number of carbonyl (C=O) groups excluding carboxylic acids is 1. The van der Waals surface area contributed by atoms with Gasteiger partial charge in [0.1, 0.15) is 5.69 Å². The molecule has 0 bridgehead atoms. The van der Waals surface area contributed by atoms with E-state index in [-0.39, 0.29) is 17.9 Å². The van der Waals surface area contributed by atoms with E-state index in [4.69, 9.17) is 4.74 Å². The third-order valence-corrected chi connectivity index (χ3v) is 3.86. The van der Waals surface area contributed by atoms with Gasteiger partial charge in [-0.15, -0.1) is 0 Å². The van der Waals surface area contributed by atoms with Gasteiger partial charge in [0, 0.05) is 25.7 Å². The third-order valence-electron chi connectivity index (χ3n) is 3.86. The molecule has 2 heterocycles. The summed E-state index contributed by atoms with van der Waals surface area (Å²) in [5, 5.41) is 4.29. The molecule has 6 heteroatoms. The van der Waals surface area contributed by atoms with Crippen LogP contribution in [0.25, 0.3) is 0 Å². The summed E-state index contributed by atoms with van der Waals surface area (Å²) in [5.41, 5.74) is 0.578. The van der Waals surface area contributed by atoms with E-state index < -0.39 is 0 Å². The molecule has 1 aromatic heterocycles. The first-order chi connectivity index (χ1) is 9.45. The molecule has 0 radical (unpaired) electrons. The molecule has 20 heavy (non-hydrogen) atoms. The number of Topliss-reactive ketones (excluding diaryl/α,β-unsaturated/α-hetero) is 1. The van der Waals surface area contributed by atoms with Crippen molar-refractivity contribution in [3.05, 3.63) is 11.9 Å².